The Morgan fingerprint density at radius 2 is 1.38 bits per heavy atom. The topological polar surface area (TPSA) is 59.6 Å². The van der Waals surface area contributed by atoms with Crippen molar-refractivity contribution in [3.8, 4) is 11.5 Å². The van der Waals surface area contributed by atoms with E-state index in [2.05, 4.69) is 24.5 Å². The van der Waals surface area contributed by atoms with E-state index in [4.69, 9.17) is 9.47 Å². The molecule has 2 heterocycles. The maximum Gasteiger partial charge on any atom is 0.340 e. The van der Waals surface area contributed by atoms with E-state index in [0.29, 0.717) is 17.1 Å². The second-order valence-corrected chi connectivity index (χ2v) is 7.20. The molecule has 29 heavy (non-hydrogen) atoms. The zero-order chi connectivity index (χ0) is 20.0. The van der Waals surface area contributed by atoms with Gasteiger partial charge in [0, 0.05) is 53.3 Å². The van der Waals surface area contributed by atoms with Gasteiger partial charge in [-0.15, -0.1) is 0 Å². The lowest BCUT2D eigenvalue weighted by Gasteiger charge is -2.37. The third-order valence-corrected chi connectivity index (χ3v) is 5.48. The van der Waals surface area contributed by atoms with Crippen molar-refractivity contribution in [2.45, 2.75) is 19.4 Å². The Morgan fingerprint density at radius 3 is 1.97 bits per heavy atom. The molecule has 5 nitrogen and oxygen atoms in total. The summed E-state index contributed by atoms with van der Waals surface area (Å²) in [5.41, 5.74) is 4.03. The number of carbonyl (C=O) groups excluding carboxylic acids is 1. The Balaban J connectivity index is 1.79. The first-order chi connectivity index (χ1) is 14.2. The molecule has 146 valence electrons. The lowest BCUT2D eigenvalue weighted by Crippen LogP contribution is -2.33. The zero-order valence-corrected chi connectivity index (χ0v) is 16.4. The van der Waals surface area contributed by atoms with E-state index in [1.165, 1.54) is 0 Å². The van der Waals surface area contributed by atoms with Gasteiger partial charge in [-0.3, -0.25) is 0 Å². The molecule has 0 saturated carbocycles. The minimum Gasteiger partial charge on any atom is -0.456 e. The van der Waals surface area contributed by atoms with Gasteiger partial charge in [0.05, 0.1) is 5.56 Å². The number of ether oxygens (including phenoxy) is 2. The molecule has 0 saturated heterocycles. The number of nitrogens with one attached hydrogen (secondary N) is 2. The van der Waals surface area contributed by atoms with E-state index in [0.717, 1.165) is 41.2 Å². The zero-order valence-electron chi connectivity index (χ0n) is 16.4. The predicted octanol–water partition coefficient (Wildman–Crippen LogP) is 5.12. The van der Waals surface area contributed by atoms with Crippen molar-refractivity contribution in [2.24, 2.45) is 0 Å². The number of anilines is 2. The number of hydrogen-bond acceptors (Lipinski definition) is 5. The maximum absolute atomic E-state index is 12.8. The van der Waals surface area contributed by atoms with E-state index >= 15 is 0 Å². The third-order valence-electron chi connectivity index (χ3n) is 5.48. The van der Waals surface area contributed by atoms with Crippen LogP contribution in [0.3, 0.4) is 0 Å². The smallest absolute Gasteiger partial charge is 0.340 e. The lowest BCUT2D eigenvalue weighted by atomic mass is 9.77. The number of rotatable bonds is 4. The largest absolute Gasteiger partial charge is 0.456 e. The molecule has 2 N–H and O–H groups in total. The Hall–Kier alpha value is -3.47. The van der Waals surface area contributed by atoms with Crippen molar-refractivity contribution in [1.29, 1.82) is 0 Å². The molecule has 0 radical (unpaired) electrons. The van der Waals surface area contributed by atoms with E-state index < -0.39 is 5.60 Å². The van der Waals surface area contributed by atoms with Crippen LogP contribution in [0, 0.1) is 0 Å². The van der Waals surface area contributed by atoms with Gasteiger partial charge in [-0.2, -0.15) is 0 Å². The summed E-state index contributed by atoms with van der Waals surface area (Å²) >= 11 is 0. The fraction of sp³-hybridized carbons (Fsp3) is 0.208. The van der Waals surface area contributed by atoms with Crippen LogP contribution in [0.4, 0.5) is 11.4 Å². The van der Waals surface area contributed by atoms with Gasteiger partial charge in [0.25, 0.3) is 0 Å². The van der Waals surface area contributed by atoms with Crippen LogP contribution < -0.4 is 15.4 Å². The van der Waals surface area contributed by atoms with Crippen LogP contribution in [-0.4, -0.2) is 19.1 Å². The molecular weight excluding hydrogens is 364 g/mol. The number of hydrogen-bond donors (Lipinski definition) is 2. The lowest BCUT2D eigenvalue weighted by molar-refractivity contribution is 0.0224. The van der Waals surface area contributed by atoms with Gasteiger partial charge < -0.3 is 20.1 Å². The van der Waals surface area contributed by atoms with Crippen LogP contribution in [0.25, 0.3) is 0 Å². The van der Waals surface area contributed by atoms with Crippen LogP contribution >= 0.6 is 0 Å². The summed E-state index contributed by atoms with van der Waals surface area (Å²) < 4.78 is 12.5. The first-order valence-corrected chi connectivity index (χ1v) is 9.95. The summed E-state index contributed by atoms with van der Waals surface area (Å²) in [6, 6.07) is 19.5. The average molecular weight is 386 g/mol. The second kappa shape index (κ2) is 6.55. The number of fused-ring (bicyclic) bond motifs is 6. The van der Waals surface area contributed by atoms with E-state index in [1.54, 1.807) is 0 Å². The standard InChI is InChI=1S/C24H22N2O3/c1-3-25-15-9-11-19-21(13-15)28-22-14-16(26-4-2)10-12-20(22)24(19)18-8-6-5-7-17(18)23(27)29-24/h5-14,25-26H,3-4H2,1-2H3. The molecule has 0 fully saturated rings. The maximum atomic E-state index is 12.8. The van der Waals surface area contributed by atoms with Gasteiger partial charge in [0.2, 0.25) is 0 Å². The van der Waals surface area contributed by atoms with Gasteiger partial charge in [-0.1, -0.05) is 18.2 Å². The SMILES string of the molecule is CCNc1ccc2c(c1)Oc1cc(NCC)ccc1C21OC(=O)c2ccccc21. The molecule has 0 unspecified atom stereocenters. The van der Waals surface area contributed by atoms with E-state index in [1.807, 2.05) is 60.7 Å². The monoisotopic (exact) mass is 386 g/mol. The van der Waals surface area contributed by atoms with Gasteiger partial charge in [-0.25, -0.2) is 4.79 Å². The normalized spacial score (nSPS) is 15.0. The van der Waals surface area contributed by atoms with Crippen LogP contribution in [0.5, 0.6) is 11.5 Å². The highest BCUT2D eigenvalue weighted by Gasteiger charge is 2.53. The Labute approximate surface area is 169 Å². The quantitative estimate of drug-likeness (QED) is 0.610. The van der Waals surface area contributed by atoms with Crippen molar-refractivity contribution in [2.75, 3.05) is 23.7 Å². The van der Waals surface area contributed by atoms with Crippen molar-refractivity contribution in [3.63, 3.8) is 0 Å². The molecule has 0 bridgehead atoms. The summed E-state index contributed by atoms with van der Waals surface area (Å²) in [7, 11) is 0. The molecule has 5 heteroatoms. The minimum absolute atomic E-state index is 0.314. The highest BCUT2D eigenvalue weighted by Crippen LogP contribution is 2.56. The van der Waals surface area contributed by atoms with Crippen LogP contribution in [0.15, 0.2) is 60.7 Å². The van der Waals surface area contributed by atoms with Crippen LogP contribution in [0.2, 0.25) is 0 Å². The highest BCUT2D eigenvalue weighted by molar-refractivity contribution is 5.97. The molecule has 2 aliphatic rings. The highest BCUT2D eigenvalue weighted by atomic mass is 16.6. The number of benzene rings is 3. The summed E-state index contributed by atoms with van der Waals surface area (Å²) in [6.45, 7) is 5.72. The van der Waals surface area contributed by atoms with Gasteiger partial charge in [0.1, 0.15) is 11.5 Å². The van der Waals surface area contributed by atoms with E-state index in [9.17, 15) is 4.79 Å². The van der Waals surface area contributed by atoms with Crippen LogP contribution in [-0.2, 0) is 10.3 Å². The van der Waals surface area contributed by atoms with Crippen molar-refractivity contribution in [3.05, 3.63) is 82.9 Å². The van der Waals surface area contributed by atoms with Gasteiger partial charge >= 0.3 is 5.97 Å². The number of esters is 1. The fourth-order valence-electron chi connectivity index (χ4n) is 4.30. The van der Waals surface area contributed by atoms with Crippen molar-refractivity contribution in [1.82, 2.24) is 0 Å². The molecule has 5 rings (SSSR count). The fourth-order valence-corrected chi connectivity index (χ4v) is 4.30. The summed E-state index contributed by atoms with van der Waals surface area (Å²) in [5, 5.41) is 6.64. The third kappa shape index (κ3) is 2.50. The van der Waals surface area contributed by atoms with Gasteiger partial charge in [0.15, 0.2) is 5.60 Å². The molecule has 3 aromatic rings. The Bertz CT molecular complexity index is 1070. The molecule has 0 aromatic heterocycles. The average Bonchev–Trinajstić information content (AvgIpc) is 3.02. The first-order valence-electron chi connectivity index (χ1n) is 9.95. The summed E-state index contributed by atoms with van der Waals surface area (Å²) in [6.07, 6.45) is 0. The molecule has 3 aromatic carbocycles. The minimum atomic E-state index is -1.01. The summed E-state index contributed by atoms with van der Waals surface area (Å²) in [4.78, 5) is 12.8. The van der Waals surface area contributed by atoms with E-state index in [-0.39, 0.29) is 5.97 Å². The first kappa shape index (κ1) is 17.6. The van der Waals surface area contributed by atoms with Gasteiger partial charge in [-0.05, 0) is 44.2 Å². The molecule has 0 amide bonds. The molecule has 0 aliphatic carbocycles. The number of carbonyl (C=O) groups is 1. The Morgan fingerprint density at radius 1 is 0.793 bits per heavy atom. The molecule has 1 spiro atoms. The molecule has 2 aliphatic heterocycles. The predicted molar refractivity (Wildman–Crippen MR) is 113 cm³/mol. The van der Waals surface area contributed by atoms with Crippen molar-refractivity contribution >= 4 is 17.3 Å². The summed E-state index contributed by atoms with van der Waals surface area (Å²) in [5.74, 6) is 1.06. The molecule has 0 atom stereocenters. The second-order valence-electron chi connectivity index (χ2n) is 7.20. The van der Waals surface area contributed by atoms with Crippen LogP contribution in [0.1, 0.15) is 40.9 Å². The molecular formula is C24H22N2O3. The van der Waals surface area contributed by atoms with Crippen molar-refractivity contribution < 1.29 is 14.3 Å². The Kier molecular flexibility index (Phi) is 3.98.